The van der Waals surface area contributed by atoms with E-state index in [4.69, 9.17) is 21.1 Å². The van der Waals surface area contributed by atoms with Gasteiger partial charge in [-0.15, -0.1) is 0 Å². The van der Waals surface area contributed by atoms with E-state index in [1.807, 2.05) is 0 Å². The van der Waals surface area contributed by atoms with E-state index < -0.39 is 5.82 Å². The molecule has 106 valence electrons. The van der Waals surface area contributed by atoms with Crippen molar-refractivity contribution in [1.82, 2.24) is 9.97 Å². The fourth-order valence-electron chi connectivity index (χ4n) is 1.89. The summed E-state index contributed by atoms with van der Waals surface area (Å²) in [5, 5.41) is 0.644. The lowest BCUT2D eigenvalue weighted by Crippen LogP contribution is -1.94. The minimum atomic E-state index is -0.626. The highest BCUT2D eigenvalue weighted by Crippen LogP contribution is 2.32. The summed E-state index contributed by atoms with van der Waals surface area (Å²) in [7, 11) is 1.57. The zero-order chi connectivity index (χ0) is 14.8. The summed E-state index contributed by atoms with van der Waals surface area (Å²) in [6.07, 6.45) is 1.35. The normalized spacial score (nSPS) is 10.6. The van der Waals surface area contributed by atoms with Gasteiger partial charge >= 0.3 is 0 Å². The summed E-state index contributed by atoms with van der Waals surface area (Å²) in [4.78, 5) is 8.19. The Morgan fingerprint density at radius 3 is 2.81 bits per heavy atom. The van der Waals surface area contributed by atoms with Crippen LogP contribution in [0.3, 0.4) is 0 Å². The molecule has 0 bridgehead atoms. The maximum Gasteiger partial charge on any atom is 0.230 e. The topological polar surface area (TPSA) is 44.2 Å². The van der Waals surface area contributed by atoms with Crippen LogP contribution >= 0.6 is 11.6 Å². The molecule has 3 rings (SSSR count). The van der Waals surface area contributed by atoms with E-state index in [2.05, 4.69) is 9.97 Å². The highest BCUT2D eigenvalue weighted by molar-refractivity contribution is 6.30. The van der Waals surface area contributed by atoms with Gasteiger partial charge in [-0.1, -0.05) is 17.7 Å². The van der Waals surface area contributed by atoms with Crippen LogP contribution in [0.2, 0.25) is 5.02 Å². The van der Waals surface area contributed by atoms with Crippen molar-refractivity contribution in [1.29, 1.82) is 0 Å². The first-order valence-electron chi connectivity index (χ1n) is 6.09. The summed E-state index contributed by atoms with van der Waals surface area (Å²) < 4.78 is 24.5. The molecular weight excluding hydrogens is 295 g/mol. The Balaban J connectivity index is 2.06. The van der Waals surface area contributed by atoms with Crippen molar-refractivity contribution in [3.8, 4) is 17.4 Å². The second-order valence-electron chi connectivity index (χ2n) is 4.22. The summed E-state index contributed by atoms with van der Waals surface area (Å²) >= 11 is 5.73. The number of hydrogen-bond acceptors (Lipinski definition) is 4. The van der Waals surface area contributed by atoms with Gasteiger partial charge in [-0.2, -0.15) is 0 Å². The second-order valence-corrected chi connectivity index (χ2v) is 4.62. The second kappa shape index (κ2) is 5.54. The molecule has 0 saturated heterocycles. The van der Waals surface area contributed by atoms with E-state index in [0.717, 1.165) is 0 Å². The molecule has 0 unspecified atom stereocenters. The van der Waals surface area contributed by atoms with Gasteiger partial charge < -0.3 is 9.47 Å². The fraction of sp³-hybridized carbons (Fsp3) is 0.0667. The third-order valence-corrected chi connectivity index (χ3v) is 3.22. The molecule has 4 nitrogen and oxygen atoms in total. The predicted octanol–water partition coefficient (Wildman–Crippen LogP) is 4.22. The number of hydrogen-bond donors (Lipinski definition) is 0. The molecule has 0 aliphatic rings. The average molecular weight is 305 g/mol. The molecule has 0 saturated carbocycles. The molecule has 1 heterocycles. The van der Waals surface area contributed by atoms with Crippen molar-refractivity contribution in [2.75, 3.05) is 7.11 Å². The SMILES string of the molecule is COc1ccc2c(Oc3cccc(Cl)c3F)ncnc2c1. The standard InChI is InChI=1S/C15H10ClFN2O2/c1-20-9-5-6-10-12(7-9)18-8-19-15(10)21-13-4-2-3-11(16)14(13)17/h2-8H,1H3. The first-order valence-corrected chi connectivity index (χ1v) is 6.47. The number of halogens is 2. The van der Waals surface area contributed by atoms with Crippen molar-refractivity contribution in [2.24, 2.45) is 0 Å². The molecule has 3 aromatic rings. The maximum atomic E-state index is 13.9. The minimum absolute atomic E-state index is 0.00692. The van der Waals surface area contributed by atoms with E-state index >= 15 is 0 Å². The molecule has 0 amide bonds. The van der Waals surface area contributed by atoms with Crippen LogP contribution in [0.5, 0.6) is 17.4 Å². The molecule has 21 heavy (non-hydrogen) atoms. The van der Waals surface area contributed by atoms with Gasteiger partial charge in [0.1, 0.15) is 12.1 Å². The molecule has 2 aromatic carbocycles. The summed E-state index contributed by atoms with van der Waals surface area (Å²) in [5.41, 5.74) is 0.641. The van der Waals surface area contributed by atoms with Crippen molar-refractivity contribution < 1.29 is 13.9 Å². The van der Waals surface area contributed by atoms with Crippen molar-refractivity contribution in [3.05, 3.63) is 53.6 Å². The highest BCUT2D eigenvalue weighted by atomic mass is 35.5. The number of ether oxygens (including phenoxy) is 2. The van der Waals surface area contributed by atoms with E-state index in [-0.39, 0.29) is 16.7 Å². The van der Waals surface area contributed by atoms with Gasteiger partial charge in [0, 0.05) is 6.07 Å². The molecule has 0 atom stereocenters. The Morgan fingerprint density at radius 2 is 2.00 bits per heavy atom. The molecule has 0 aliphatic heterocycles. The lowest BCUT2D eigenvalue weighted by molar-refractivity contribution is 0.415. The number of aromatic nitrogens is 2. The first kappa shape index (κ1) is 13.6. The van der Waals surface area contributed by atoms with Crippen LogP contribution in [0.1, 0.15) is 0 Å². The van der Waals surface area contributed by atoms with Crippen LogP contribution in [0, 0.1) is 5.82 Å². The van der Waals surface area contributed by atoms with Gasteiger partial charge in [0.2, 0.25) is 5.88 Å². The van der Waals surface area contributed by atoms with E-state index in [9.17, 15) is 4.39 Å². The largest absolute Gasteiger partial charge is 0.497 e. The van der Waals surface area contributed by atoms with Crippen LogP contribution in [0.25, 0.3) is 10.9 Å². The Labute approximate surface area is 125 Å². The summed E-state index contributed by atoms with van der Waals surface area (Å²) in [5.74, 6) is 0.308. The van der Waals surface area contributed by atoms with Crippen LogP contribution in [0.4, 0.5) is 4.39 Å². The van der Waals surface area contributed by atoms with E-state index in [1.54, 1.807) is 31.4 Å². The quantitative estimate of drug-likeness (QED) is 0.726. The van der Waals surface area contributed by atoms with Gasteiger partial charge in [0.05, 0.1) is 23.0 Å². The number of rotatable bonds is 3. The van der Waals surface area contributed by atoms with Crippen LogP contribution in [0.15, 0.2) is 42.7 Å². The third-order valence-electron chi connectivity index (χ3n) is 2.93. The van der Waals surface area contributed by atoms with Crippen LogP contribution < -0.4 is 9.47 Å². The highest BCUT2D eigenvalue weighted by Gasteiger charge is 2.12. The molecule has 0 spiro atoms. The van der Waals surface area contributed by atoms with Crippen LogP contribution in [-0.4, -0.2) is 17.1 Å². The Kier molecular flexibility index (Phi) is 3.58. The maximum absolute atomic E-state index is 13.9. The number of benzene rings is 2. The van der Waals surface area contributed by atoms with Gasteiger partial charge in [-0.25, -0.2) is 14.4 Å². The summed E-state index contributed by atoms with van der Waals surface area (Å²) in [6.45, 7) is 0. The van der Waals surface area contributed by atoms with Crippen molar-refractivity contribution in [2.45, 2.75) is 0 Å². The molecule has 0 fully saturated rings. The molecule has 6 heteroatoms. The number of methoxy groups -OCH3 is 1. The molecule has 1 aromatic heterocycles. The van der Waals surface area contributed by atoms with Gasteiger partial charge in [0.15, 0.2) is 11.6 Å². The van der Waals surface area contributed by atoms with Gasteiger partial charge in [-0.05, 0) is 24.3 Å². The summed E-state index contributed by atoms with van der Waals surface area (Å²) in [6, 6.07) is 9.80. The predicted molar refractivity (Wildman–Crippen MR) is 77.6 cm³/mol. The smallest absolute Gasteiger partial charge is 0.230 e. The number of fused-ring (bicyclic) bond motifs is 1. The third kappa shape index (κ3) is 2.60. The lowest BCUT2D eigenvalue weighted by atomic mass is 10.2. The monoisotopic (exact) mass is 304 g/mol. The zero-order valence-corrected chi connectivity index (χ0v) is 11.8. The Morgan fingerprint density at radius 1 is 1.14 bits per heavy atom. The van der Waals surface area contributed by atoms with E-state index in [1.165, 1.54) is 18.5 Å². The minimum Gasteiger partial charge on any atom is -0.497 e. The molecular formula is C15H10ClFN2O2. The van der Waals surface area contributed by atoms with Crippen molar-refractivity contribution >= 4 is 22.5 Å². The zero-order valence-electron chi connectivity index (χ0n) is 11.0. The van der Waals surface area contributed by atoms with Gasteiger partial charge in [-0.3, -0.25) is 0 Å². The lowest BCUT2D eigenvalue weighted by Gasteiger charge is -2.09. The van der Waals surface area contributed by atoms with Crippen LogP contribution in [-0.2, 0) is 0 Å². The average Bonchev–Trinajstić information content (AvgIpc) is 2.51. The first-order chi connectivity index (χ1) is 10.2. The number of nitrogens with zero attached hydrogens (tertiary/aromatic N) is 2. The fourth-order valence-corrected chi connectivity index (χ4v) is 2.05. The Hall–Kier alpha value is -2.40. The molecule has 0 N–H and O–H groups in total. The van der Waals surface area contributed by atoms with E-state index in [0.29, 0.717) is 16.7 Å². The molecule has 0 aliphatic carbocycles. The van der Waals surface area contributed by atoms with Gasteiger partial charge in [0.25, 0.3) is 0 Å². The Bertz CT molecular complexity index is 811. The molecule has 0 radical (unpaired) electrons. The van der Waals surface area contributed by atoms with Crippen molar-refractivity contribution in [3.63, 3.8) is 0 Å².